The Labute approximate surface area is 547 Å². The maximum atomic E-state index is 11.4. The van der Waals surface area contributed by atoms with Crippen molar-refractivity contribution >= 4 is 79.9 Å². The molecule has 25 heteroatoms. The van der Waals surface area contributed by atoms with Gasteiger partial charge < -0.3 is 52.5 Å². The largest absolute Gasteiger partial charge is 0.358 e. The van der Waals surface area contributed by atoms with Gasteiger partial charge >= 0.3 is 256 Å². The summed E-state index contributed by atoms with van der Waals surface area (Å²) < 4.78 is 116. The van der Waals surface area contributed by atoms with E-state index in [2.05, 4.69) is 117 Å². The van der Waals surface area contributed by atoms with E-state index in [0.29, 0.717) is 30.7 Å². The number of aromatic hydroxyl groups is 1. The molecule has 0 aliphatic heterocycles. The van der Waals surface area contributed by atoms with E-state index >= 15 is 0 Å². The van der Waals surface area contributed by atoms with Gasteiger partial charge in [-0.2, -0.15) is 39.5 Å². The topological polar surface area (TPSA) is 129 Å². The molecule has 498 valence electrons. The number of aliphatic imine (C=N–C) groups is 1. The van der Waals surface area contributed by atoms with Crippen molar-refractivity contribution in [3.63, 3.8) is 0 Å². The maximum Gasteiger partial charge on any atom is -0.358 e. The number of para-hydroxylation sites is 1. The molecular formula is C60H87Cl4F9MoN3O5Ru3-5. The minimum Gasteiger partial charge on any atom is -0.358 e. The minimum atomic E-state index is -5.69. The number of aryl methyl sites for hydroxylation is 5. The van der Waals surface area contributed by atoms with E-state index < -0.39 is 48.2 Å². The normalized spacial score (nSPS) is 10.8. The van der Waals surface area contributed by atoms with Crippen molar-refractivity contribution in [1.82, 2.24) is 0 Å². The molecule has 3 N–H and O–H groups in total. The summed E-state index contributed by atoms with van der Waals surface area (Å²) in [5.41, 5.74) is 6.74. The van der Waals surface area contributed by atoms with E-state index in [0.717, 1.165) is 22.4 Å². The number of hydrogen-bond donors (Lipinski definition) is 3. The van der Waals surface area contributed by atoms with E-state index in [-0.39, 0.29) is 105 Å². The van der Waals surface area contributed by atoms with Crippen LogP contribution >= 0.6 is 38.8 Å². The van der Waals surface area contributed by atoms with Crippen LogP contribution < -0.4 is 0 Å². The third-order valence-corrected chi connectivity index (χ3v) is 16.4. The number of phenols is 1. The number of aliphatic hydroxyl groups is 2. The zero-order valence-electron chi connectivity index (χ0n) is 52.3. The number of halogens is 13. The van der Waals surface area contributed by atoms with Crippen LogP contribution in [0.3, 0.4) is 0 Å². The number of benzene rings is 4. The second kappa shape index (κ2) is 50.4. The monoisotopic (exact) mass is 1640 g/mol. The molecule has 4 rings (SSSR count). The number of nitrogens with zero attached hydrogens (tertiary/aromatic N) is 3. The van der Waals surface area contributed by atoms with E-state index in [4.69, 9.17) is 52.5 Å². The third-order valence-electron chi connectivity index (χ3n) is 9.08. The van der Waals surface area contributed by atoms with Gasteiger partial charge in [0.25, 0.3) is 11.3 Å². The van der Waals surface area contributed by atoms with Crippen LogP contribution in [0.4, 0.5) is 56.6 Å². The molecule has 0 unspecified atom stereocenters. The molecule has 0 spiro atoms. The van der Waals surface area contributed by atoms with Crippen molar-refractivity contribution in [2.24, 2.45) is 13.9 Å². The molecule has 0 aromatic heterocycles. The van der Waals surface area contributed by atoms with E-state index in [1.54, 1.807) is 0 Å². The Kier molecular flexibility index (Phi) is 60.1. The van der Waals surface area contributed by atoms with Gasteiger partial charge in [0.2, 0.25) is 0 Å². The molecule has 4 aromatic rings. The first kappa shape index (κ1) is 102. The average molecular weight is 1640 g/mol. The van der Waals surface area contributed by atoms with Crippen molar-refractivity contribution in [3.05, 3.63) is 176 Å². The summed E-state index contributed by atoms with van der Waals surface area (Å²) in [6, 6.07) is 24.7. The summed E-state index contributed by atoms with van der Waals surface area (Å²) in [5, 5.41) is 36.6. The Balaban J connectivity index is -0.000000115. The summed E-state index contributed by atoms with van der Waals surface area (Å²) in [6.07, 6.45) is -14.4. The fourth-order valence-electron chi connectivity index (χ4n) is 4.31. The van der Waals surface area contributed by atoms with Crippen LogP contribution in [-0.4, -0.2) is 74.1 Å². The molecule has 0 aliphatic rings. The van der Waals surface area contributed by atoms with Gasteiger partial charge in [0.05, 0.1) is 10.6 Å². The van der Waals surface area contributed by atoms with Crippen LogP contribution in [0.1, 0.15) is 128 Å². The predicted octanol–water partition coefficient (Wildman–Crippen LogP) is 20.8. The SMILES string of the molecule is CC(C)(O)C(F)(F)F.CC(C)=C=[C]=[Ru][Cl].CC(O)(C(F)(F)F)C(F)(F)F.C[CH]=[Ru]([Cl])[Cl].C[CH]=[Ru][Cl].Cc1ccc(C(C)C)cc1.Cc1cccc(C)c1N=Cc1cc([N+](=O)[O-])ccc1O.Cc1cccc(C)c1[N]=[Mo]=[CH]C(C)(C)C.[CH3-].[CH3-].[CH3-].[CH3-].[CH3-]. The molecule has 8 nitrogen and oxygen atoms in total. The number of phenolic OH excluding ortho intramolecular Hbond substituents is 1. The summed E-state index contributed by atoms with van der Waals surface area (Å²) >= 11 is -1.83. The summed E-state index contributed by atoms with van der Waals surface area (Å²) in [7, 11) is 21.2. The van der Waals surface area contributed by atoms with Crippen LogP contribution in [0.5, 0.6) is 5.75 Å². The van der Waals surface area contributed by atoms with Crippen LogP contribution in [0.2, 0.25) is 0 Å². The van der Waals surface area contributed by atoms with Gasteiger partial charge in [-0.25, -0.2) is 0 Å². The summed E-state index contributed by atoms with van der Waals surface area (Å²) in [6.45, 7) is 30.2. The van der Waals surface area contributed by atoms with Crippen molar-refractivity contribution in [1.29, 1.82) is 0 Å². The van der Waals surface area contributed by atoms with Crippen LogP contribution in [0.25, 0.3) is 0 Å². The smallest absolute Gasteiger partial charge is 0.358 e. The first-order valence-electron chi connectivity index (χ1n) is 23.2. The maximum absolute atomic E-state index is 11.4. The molecule has 0 heterocycles. The first-order chi connectivity index (χ1) is 36.3. The zero-order valence-corrected chi connectivity index (χ0v) is 62.5. The van der Waals surface area contributed by atoms with Crippen molar-refractivity contribution in [2.75, 3.05) is 0 Å². The Morgan fingerprint density at radius 3 is 1.34 bits per heavy atom. The number of rotatable bonds is 5. The number of non-ortho nitro benzene ring substituents is 1. The average Bonchev–Trinajstić information content (AvgIpc) is 3.32. The molecule has 0 saturated heterocycles. The molecule has 0 atom stereocenters. The molecule has 4 aromatic carbocycles. The summed E-state index contributed by atoms with van der Waals surface area (Å²) in [4.78, 5) is 14.6. The van der Waals surface area contributed by atoms with E-state index in [9.17, 15) is 54.7 Å². The van der Waals surface area contributed by atoms with Crippen LogP contribution in [0, 0.1) is 87.3 Å². The Morgan fingerprint density at radius 1 is 0.706 bits per heavy atom. The Hall–Kier alpha value is -2.40. The Bertz CT molecular complexity index is 2680. The van der Waals surface area contributed by atoms with Crippen LogP contribution in [-0.2, 0) is 62.8 Å². The third kappa shape index (κ3) is 49.1. The molecule has 0 aliphatic carbocycles. The molecular weight excluding hydrogens is 1550 g/mol. The summed E-state index contributed by atoms with van der Waals surface area (Å²) in [5.74, 6) is 0.617. The van der Waals surface area contributed by atoms with Crippen molar-refractivity contribution in [3.8, 4) is 5.75 Å². The van der Waals surface area contributed by atoms with Gasteiger partial charge in [-0.15, -0.1) is 0 Å². The van der Waals surface area contributed by atoms with Gasteiger partial charge in [-0.05, 0) is 70.2 Å². The molecule has 0 amide bonds. The van der Waals surface area contributed by atoms with Crippen molar-refractivity contribution < 1.29 is 123 Å². The zero-order chi connectivity index (χ0) is 63.6. The van der Waals surface area contributed by atoms with E-state index in [1.807, 2.05) is 69.0 Å². The second-order valence-electron chi connectivity index (χ2n) is 18.6. The van der Waals surface area contributed by atoms with Gasteiger partial charge in [0.1, 0.15) is 5.75 Å². The van der Waals surface area contributed by atoms with Crippen molar-refractivity contribution in [2.45, 2.75) is 153 Å². The molecule has 0 radical (unpaired) electrons. The Morgan fingerprint density at radius 2 is 1.08 bits per heavy atom. The number of allylic oxidation sites excluding steroid dienone is 1. The number of alkyl halides is 9. The number of hydrogen-bond acceptors (Lipinski definition) is 7. The van der Waals surface area contributed by atoms with Gasteiger partial charge in [-0.1, -0.05) is 61.9 Å². The van der Waals surface area contributed by atoms with Gasteiger partial charge in [0, 0.05) is 23.9 Å². The number of nitro groups is 1. The fourth-order valence-corrected chi connectivity index (χ4v) is 6.89. The minimum absolute atomic E-state index is 0. The molecule has 0 saturated carbocycles. The molecule has 0 fully saturated rings. The van der Waals surface area contributed by atoms with E-state index in [1.165, 1.54) is 52.4 Å². The standard InChI is InChI=1S/C15H14N2O3.C10H14.C8H9N.C5H10.C5H6.C4H4F6O.C4H7F3O.2C2H4.5CH3.4ClH.Mo.3Ru/c1-10-4-3-5-11(2)15(10)16-9-12-8-13(17(19)20)6-7-14(12)18;1-8(2)10-6-4-9(3)5-7-10;1-6-4-3-5-7(2)8(6)9;1-5(2,3)4;1-4-5(2)3;1-2(11,3(5,6)7)4(8,9)10;1-3(2,8)4(5,6)7;2*1-2;;;;;;;;;;;;;/h3-9,18H,1-2H3;4-8H,1-3H3;3-5H,1-2H3;1H,2-4H3;2-3H3;11H,1H3;8H,1-2H3;2*1H,2H3;5*1H3;4*1H;;;;/q;;;;;;;;;5*-1;;;;;;2*+1;+2/p-4. The number of nitro benzene ring substituents is 1. The second-order valence-corrected chi connectivity index (χ2v) is 30.2. The van der Waals surface area contributed by atoms with Gasteiger partial charge in [0.15, 0.2) is 5.60 Å². The molecule has 85 heavy (non-hydrogen) atoms. The predicted molar refractivity (Wildman–Crippen MR) is 334 cm³/mol. The molecule has 0 bridgehead atoms. The quantitative estimate of drug-likeness (QED) is 0.0349. The fraction of sp³-hybridized carbons (Fsp3) is 0.400. The van der Waals surface area contributed by atoms with Crippen LogP contribution in [0.15, 0.2) is 98.7 Å². The first-order valence-corrected chi connectivity index (χ1v) is 37.1. The van der Waals surface area contributed by atoms with Gasteiger partial charge in [-0.3, -0.25) is 15.1 Å².